The molecular formula is C18H26N6O2. The number of nitrogens with one attached hydrogen (secondary N) is 2. The van der Waals surface area contributed by atoms with E-state index < -0.39 is 0 Å². The molecule has 140 valence electrons. The van der Waals surface area contributed by atoms with Gasteiger partial charge in [0.05, 0.1) is 12.2 Å². The van der Waals surface area contributed by atoms with Crippen LogP contribution in [-0.4, -0.2) is 59.0 Å². The fraction of sp³-hybridized carbons (Fsp3) is 0.556. The second-order valence-corrected chi connectivity index (χ2v) is 6.58. The lowest BCUT2D eigenvalue weighted by Gasteiger charge is -2.10. The molecule has 1 saturated heterocycles. The number of aromatic nitrogens is 4. The largest absolute Gasteiger partial charge is 0.383 e. The maximum absolute atomic E-state index is 12.4. The van der Waals surface area contributed by atoms with E-state index >= 15 is 0 Å². The summed E-state index contributed by atoms with van der Waals surface area (Å²) in [5.41, 5.74) is 1.72. The molecule has 1 atom stereocenters. The second-order valence-electron chi connectivity index (χ2n) is 6.58. The molecule has 0 aliphatic carbocycles. The fourth-order valence-corrected chi connectivity index (χ4v) is 3.18. The molecule has 26 heavy (non-hydrogen) atoms. The zero-order chi connectivity index (χ0) is 18.2. The quantitative estimate of drug-likeness (QED) is 0.676. The summed E-state index contributed by atoms with van der Waals surface area (Å²) in [7, 11) is 1.66. The van der Waals surface area contributed by atoms with Crippen molar-refractivity contribution in [3.63, 3.8) is 0 Å². The molecule has 2 N–H and O–H groups in total. The van der Waals surface area contributed by atoms with Crippen molar-refractivity contribution in [3.05, 3.63) is 41.7 Å². The van der Waals surface area contributed by atoms with Gasteiger partial charge in [-0.1, -0.05) is 0 Å². The van der Waals surface area contributed by atoms with Gasteiger partial charge in [-0.2, -0.15) is 0 Å². The number of rotatable bonds is 9. The number of hydrogen-bond acceptors (Lipinski definition) is 6. The van der Waals surface area contributed by atoms with Gasteiger partial charge in [-0.15, -0.1) is 10.2 Å². The van der Waals surface area contributed by atoms with Gasteiger partial charge >= 0.3 is 0 Å². The summed E-state index contributed by atoms with van der Waals surface area (Å²) in [5.74, 6) is 1.36. The maximum atomic E-state index is 12.4. The minimum Gasteiger partial charge on any atom is -0.383 e. The van der Waals surface area contributed by atoms with Crippen LogP contribution in [0.15, 0.2) is 24.8 Å². The van der Waals surface area contributed by atoms with E-state index in [9.17, 15) is 4.79 Å². The van der Waals surface area contributed by atoms with E-state index in [4.69, 9.17) is 4.74 Å². The first kappa shape index (κ1) is 18.5. The number of carbonyl (C=O) groups excluding carboxylic acids is 1. The first-order valence-electron chi connectivity index (χ1n) is 9.04. The van der Waals surface area contributed by atoms with Crippen molar-refractivity contribution in [2.75, 3.05) is 33.4 Å². The van der Waals surface area contributed by atoms with Gasteiger partial charge in [-0.3, -0.25) is 9.78 Å². The van der Waals surface area contributed by atoms with Gasteiger partial charge in [0.1, 0.15) is 12.2 Å². The third kappa shape index (κ3) is 5.09. The van der Waals surface area contributed by atoms with E-state index in [2.05, 4.69) is 25.8 Å². The van der Waals surface area contributed by atoms with Crippen molar-refractivity contribution in [1.82, 2.24) is 30.4 Å². The predicted molar refractivity (Wildman–Crippen MR) is 96.9 cm³/mol. The highest BCUT2D eigenvalue weighted by Crippen LogP contribution is 2.15. The van der Waals surface area contributed by atoms with Crippen LogP contribution in [0.25, 0.3) is 0 Å². The van der Waals surface area contributed by atoms with Gasteiger partial charge < -0.3 is 19.9 Å². The summed E-state index contributed by atoms with van der Waals surface area (Å²) >= 11 is 0. The summed E-state index contributed by atoms with van der Waals surface area (Å²) in [6.07, 6.45) is 7.92. The topological polar surface area (TPSA) is 94.0 Å². The zero-order valence-corrected chi connectivity index (χ0v) is 15.1. The number of amides is 1. The average Bonchev–Trinajstić information content (AvgIpc) is 3.32. The highest BCUT2D eigenvalue weighted by molar-refractivity contribution is 5.94. The highest BCUT2D eigenvalue weighted by Gasteiger charge is 2.16. The molecule has 3 rings (SSSR count). The Balaban J connectivity index is 1.49. The Morgan fingerprint density at radius 3 is 3.19 bits per heavy atom. The van der Waals surface area contributed by atoms with Gasteiger partial charge in [0.2, 0.25) is 0 Å². The van der Waals surface area contributed by atoms with Gasteiger partial charge in [-0.25, -0.2) is 0 Å². The van der Waals surface area contributed by atoms with Crippen LogP contribution < -0.4 is 10.6 Å². The molecule has 8 nitrogen and oxygen atoms in total. The first-order valence-corrected chi connectivity index (χ1v) is 9.04. The normalized spacial score (nSPS) is 16.7. The molecule has 0 radical (unpaired) electrons. The summed E-state index contributed by atoms with van der Waals surface area (Å²) < 4.78 is 7.01. The van der Waals surface area contributed by atoms with E-state index in [0.717, 1.165) is 30.9 Å². The number of ether oxygens (including phenoxy) is 1. The Hall–Kier alpha value is -2.32. The van der Waals surface area contributed by atoms with Crippen LogP contribution in [0.1, 0.15) is 28.2 Å². The van der Waals surface area contributed by atoms with Gasteiger partial charge in [0, 0.05) is 39.0 Å². The molecule has 2 aromatic rings. The van der Waals surface area contributed by atoms with Crippen molar-refractivity contribution in [2.24, 2.45) is 5.92 Å². The van der Waals surface area contributed by atoms with Crippen LogP contribution in [0.5, 0.6) is 0 Å². The van der Waals surface area contributed by atoms with Gasteiger partial charge in [-0.05, 0) is 43.5 Å². The minimum absolute atomic E-state index is 0.105. The lowest BCUT2D eigenvalue weighted by molar-refractivity contribution is 0.0953. The number of methoxy groups -OCH3 is 1. The molecule has 1 amide bonds. The molecule has 1 aliphatic rings. The Kier molecular flexibility index (Phi) is 6.68. The van der Waals surface area contributed by atoms with Gasteiger partial charge in [0.25, 0.3) is 5.91 Å². The van der Waals surface area contributed by atoms with Crippen LogP contribution in [-0.2, 0) is 24.1 Å². The van der Waals surface area contributed by atoms with Crippen molar-refractivity contribution < 1.29 is 9.53 Å². The summed E-state index contributed by atoms with van der Waals surface area (Å²) in [5, 5.41) is 14.3. The molecule has 1 fully saturated rings. The molecule has 1 aliphatic heterocycles. The average molecular weight is 358 g/mol. The van der Waals surface area contributed by atoms with Crippen LogP contribution in [0.4, 0.5) is 0 Å². The third-order valence-electron chi connectivity index (χ3n) is 4.61. The molecule has 0 aromatic carbocycles. The first-order chi connectivity index (χ1) is 12.8. The highest BCUT2D eigenvalue weighted by atomic mass is 16.5. The smallest absolute Gasteiger partial charge is 0.252 e. The third-order valence-corrected chi connectivity index (χ3v) is 4.61. The van der Waals surface area contributed by atoms with Crippen LogP contribution in [0, 0.1) is 5.92 Å². The number of hydrogen-bond donors (Lipinski definition) is 2. The fourth-order valence-electron chi connectivity index (χ4n) is 3.18. The van der Waals surface area contributed by atoms with E-state index in [1.54, 1.807) is 19.6 Å². The zero-order valence-electron chi connectivity index (χ0n) is 15.1. The molecule has 0 saturated carbocycles. The SMILES string of the molecule is COCCn1cnnc1CCNC(=O)c1cncc(CC2CCNC2)c1. The summed E-state index contributed by atoms with van der Waals surface area (Å²) in [6.45, 7) is 3.93. The van der Waals surface area contributed by atoms with Crippen molar-refractivity contribution in [3.8, 4) is 0 Å². The molecule has 3 heterocycles. The Labute approximate surface area is 153 Å². The molecular weight excluding hydrogens is 332 g/mol. The van der Waals surface area contributed by atoms with Crippen LogP contribution in [0.3, 0.4) is 0 Å². The van der Waals surface area contributed by atoms with E-state index in [1.807, 2.05) is 16.8 Å². The number of pyridine rings is 1. The Bertz CT molecular complexity index is 711. The van der Waals surface area contributed by atoms with E-state index in [1.165, 1.54) is 6.42 Å². The maximum Gasteiger partial charge on any atom is 0.252 e. The molecule has 1 unspecified atom stereocenters. The molecule has 0 bridgehead atoms. The van der Waals surface area contributed by atoms with Crippen LogP contribution in [0.2, 0.25) is 0 Å². The monoisotopic (exact) mass is 358 g/mol. The van der Waals surface area contributed by atoms with E-state index in [-0.39, 0.29) is 5.91 Å². The molecule has 2 aromatic heterocycles. The van der Waals surface area contributed by atoms with Crippen LogP contribution >= 0.6 is 0 Å². The minimum atomic E-state index is -0.105. The lowest BCUT2D eigenvalue weighted by Crippen LogP contribution is -2.27. The molecule has 8 heteroatoms. The molecule has 0 spiro atoms. The predicted octanol–water partition coefficient (Wildman–Crippen LogP) is 0.444. The Morgan fingerprint density at radius 2 is 2.38 bits per heavy atom. The number of carbonyl (C=O) groups is 1. The van der Waals surface area contributed by atoms with Gasteiger partial charge in [0.15, 0.2) is 0 Å². The Morgan fingerprint density at radius 1 is 1.46 bits per heavy atom. The van der Waals surface area contributed by atoms with Crippen molar-refractivity contribution >= 4 is 5.91 Å². The van der Waals surface area contributed by atoms with Crippen molar-refractivity contribution in [1.29, 1.82) is 0 Å². The second kappa shape index (κ2) is 9.40. The van der Waals surface area contributed by atoms with Crippen molar-refractivity contribution in [2.45, 2.75) is 25.8 Å². The van der Waals surface area contributed by atoms with E-state index in [0.29, 0.717) is 37.6 Å². The standard InChI is InChI=1S/C18H26N6O2/c1-26-7-6-24-13-22-23-17(24)3-5-21-18(25)16-9-15(11-20-12-16)8-14-2-4-19-10-14/h9,11-14,19H,2-8,10H2,1H3,(H,21,25). The number of nitrogens with zero attached hydrogens (tertiary/aromatic N) is 4. The summed E-state index contributed by atoms with van der Waals surface area (Å²) in [6, 6.07) is 1.95. The lowest BCUT2D eigenvalue weighted by atomic mass is 9.99. The summed E-state index contributed by atoms with van der Waals surface area (Å²) in [4.78, 5) is 16.6.